The summed E-state index contributed by atoms with van der Waals surface area (Å²) >= 11 is 3.30. The molecule has 7 heteroatoms. The minimum atomic E-state index is -0.149. The van der Waals surface area contributed by atoms with Crippen molar-refractivity contribution < 1.29 is 19.2 Å². The fourth-order valence-electron chi connectivity index (χ4n) is 2.74. The third-order valence-electron chi connectivity index (χ3n) is 4.16. The van der Waals surface area contributed by atoms with E-state index in [9.17, 15) is 9.90 Å². The zero-order chi connectivity index (χ0) is 17.1. The summed E-state index contributed by atoms with van der Waals surface area (Å²) in [5, 5.41) is 13.5. The normalized spacial score (nSPS) is 17.2. The second-order valence-corrected chi connectivity index (χ2v) is 6.73. The Bertz CT molecular complexity index is 725. The van der Waals surface area contributed by atoms with Crippen molar-refractivity contribution in [3.63, 3.8) is 0 Å². The van der Waals surface area contributed by atoms with Crippen LogP contribution in [0.15, 0.2) is 33.5 Å². The Morgan fingerprint density at radius 1 is 1.50 bits per heavy atom. The molecular weight excluding hydrogens is 376 g/mol. The SMILES string of the molecule is CN(CCc1ccc(O)c(Br)c1)C(=O)c1conc1C1CCCO1. The van der Waals surface area contributed by atoms with E-state index in [1.54, 1.807) is 18.0 Å². The van der Waals surface area contributed by atoms with Crippen LogP contribution in [0.5, 0.6) is 5.75 Å². The molecule has 128 valence electrons. The quantitative estimate of drug-likeness (QED) is 0.841. The lowest BCUT2D eigenvalue weighted by atomic mass is 10.1. The first-order valence-corrected chi connectivity index (χ1v) is 8.64. The largest absolute Gasteiger partial charge is 0.507 e. The number of nitrogens with zero attached hydrogens (tertiary/aromatic N) is 2. The molecule has 0 bridgehead atoms. The third kappa shape index (κ3) is 3.62. The summed E-state index contributed by atoms with van der Waals surface area (Å²) in [6.45, 7) is 1.24. The van der Waals surface area contributed by atoms with Crippen molar-refractivity contribution in [2.75, 3.05) is 20.2 Å². The molecule has 1 unspecified atom stereocenters. The Hall–Kier alpha value is -1.86. The Kier molecular flexibility index (Phi) is 5.20. The van der Waals surface area contributed by atoms with E-state index in [1.807, 2.05) is 12.1 Å². The molecule has 1 N–H and O–H groups in total. The maximum atomic E-state index is 12.6. The van der Waals surface area contributed by atoms with E-state index in [2.05, 4.69) is 21.1 Å². The Labute approximate surface area is 148 Å². The summed E-state index contributed by atoms with van der Waals surface area (Å²) in [5.41, 5.74) is 2.09. The molecule has 24 heavy (non-hydrogen) atoms. The predicted molar refractivity (Wildman–Crippen MR) is 90.9 cm³/mol. The summed E-state index contributed by atoms with van der Waals surface area (Å²) in [6.07, 6.45) is 3.76. The zero-order valence-electron chi connectivity index (χ0n) is 13.4. The average molecular weight is 395 g/mol. The molecule has 2 heterocycles. The summed E-state index contributed by atoms with van der Waals surface area (Å²) < 4.78 is 11.3. The number of carbonyl (C=O) groups is 1. The first-order valence-electron chi connectivity index (χ1n) is 7.85. The summed E-state index contributed by atoms with van der Waals surface area (Å²) in [7, 11) is 1.75. The molecule has 1 aromatic heterocycles. The Balaban J connectivity index is 1.64. The molecule has 6 nitrogen and oxygen atoms in total. The van der Waals surface area contributed by atoms with Gasteiger partial charge in [-0.15, -0.1) is 0 Å². The van der Waals surface area contributed by atoms with Crippen molar-refractivity contribution in [1.29, 1.82) is 0 Å². The lowest BCUT2D eigenvalue weighted by Gasteiger charge is -2.17. The minimum Gasteiger partial charge on any atom is -0.507 e. The number of phenolic OH excluding ortho intramolecular Hbond substituents is 1. The van der Waals surface area contributed by atoms with Crippen LogP contribution < -0.4 is 0 Å². The highest BCUT2D eigenvalue weighted by Crippen LogP contribution is 2.30. The van der Waals surface area contributed by atoms with E-state index in [0.717, 1.165) is 18.4 Å². The van der Waals surface area contributed by atoms with E-state index in [1.165, 1.54) is 6.26 Å². The zero-order valence-corrected chi connectivity index (χ0v) is 15.0. The number of phenols is 1. The van der Waals surface area contributed by atoms with E-state index >= 15 is 0 Å². The Morgan fingerprint density at radius 2 is 2.33 bits per heavy atom. The molecule has 2 aromatic rings. The van der Waals surface area contributed by atoms with Crippen LogP contribution >= 0.6 is 15.9 Å². The highest BCUT2D eigenvalue weighted by Gasteiger charge is 2.28. The second-order valence-electron chi connectivity index (χ2n) is 5.88. The second kappa shape index (κ2) is 7.36. The number of carbonyl (C=O) groups excluding carboxylic acids is 1. The van der Waals surface area contributed by atoms with Gasteiger partial charge < -0.3 is 19.3 Å². The van der Waals surface area contributed by atoms with Crippen LogP contribution in [-0.4, -0.2) is 41.3 Å². The molecule has 1 saturated heterocycles. The van der Waals surface area contributed by atoms with Crippen molar-refractivity contribution in [2.45, 2.75) is 25.4 Å². The number of benzene rings is 1. The monoisotopic (exact) mass is 394 g/mol. The third-order valence-corrected chi connectivity index (χ3v) is 4.79. The summed E-state index contributed by atoms with van der Waals surface area (Å²) in [5.74, 6) is 0.0773. The number of likely N-dealkylation sites (N-methyl/N-ethyl adjacent to an activating group) is 1. The number of aromatic hydroxyl groups is 1. The molecule has 0 radical (unpaired) electrons. The van der Waals surface area contributed by atoms with Crippen molar-refractivity contribution in [3.8, 4) is 5.75 Å². The van der Waals surface area contributed by atoms with Gasteiger partial charge in [-0.05, 0) is 52.9 Å². The molecule has 1 aliphatic rings. The molecule has 0 spiro atoms. The molecule has 0 aliphatic carbocycles. The number of rotatable bonds is 5. The van der Waals surface area contributed by atoms with Gasteiger partial charge in [0.15, 0.2) is 0 Å². The van der Waals surface area contributed by atoms with Gasteiger partial charge in [-0.25, -0.2) is 0 Å². The van der Waals surface area contributed by atoms with Crippen LogP contribution in [-0.2, 0) is 11.2 Å². The number of hydrogen-bond acceptors (Lipinski definition) is 5. The molecule has 1 fully saturated rings. The highest BCUT2D eigenvalue weighted by atomic mass is 79.9. The average Bonchev–Trinajstić information content (AvgIpc) is 3.25. The van der Waals surface area contributed by atoms with E-state index in [-0.39, 0.29) is 17.8 Å². The van der Waals surface area contributed by atoms with Crippen molar-refractivity contribution in [3.05, 3.63) is 45.8 Å². The molecule has 1 aromatic carbocycles. The van der Waals surface area contributed by atoms with Gasteiger partial charge in [0, 0.05) is 20.2 Å². The summed E-state index contributed by atoms with van der Waals surface area (Å²) in [4.78, 5) is 14.3. The van der Waals surface area contributed by atoms with Crippen LogP contribution in [0.2, 0.25) is 0 Å². The van der Waals surface area contributed by atoms with Crippen LogP contribution in [0, 0.1) is 0 Å². The van der Waals surface area contributed by atoms with Crippen LogP contribution in [0.4, 0.5) is 0 Å². The van der Waals surface area contributed by atoms with Gasteiger partial charge in [0.05, 0.1) is 4.47 Å². The minimum absolute atomic E-state index is 0.125. The van der Waals surface area contributed by atoms with Gasteiger partial charge in [-0.3, -0.25) is 4.79 Å². The van der Waals surface area contributed by atoms with E-state index in [4.69, 9.17) is 9.26 Å². The predicted octanol–water partition coefficient (Wildman–Crippen LogP) is 3.31. The molecule has 3 rings (SSSR count). The molecule has 1 aliphatic heterocycles. The number of ether oxygens (including phenoxy) is 1. The lowest BCUT2D eigenvalue weighted by molar-refractivity contribution is 0.0777. The van der Waals surface area contributed by atoms with E-state index in [0.29, 0.717) is 35.3 Å². The Morgan fingerprint density at radius 3 is 3.04 bits per heavy atom. The molecule has 1 atom stereocenters. The van der Waals surface area contributed by atoms with Crippen molar-refractivity contribution in [1.82, 2.24) is 10.1 Å². The van der Waals surface area contributed by atoms with Crippen molar-refractivity contribution in [2.24, 2.45) is 0 Å². The van der Waals surface area contributed by atoms with Crippen molar-refractivity contribution >= 4 is 21.8 Å². The maximum Gasteiger partial charge on any atom is 0.258 e. The van der Waals surface area contributed by atoms with Gasteiger partial charge in [-0.2, -0.15) is 0 Å². The summed E-state index contributed by atoms with van der Waals surface area (Å²) in [6, 6.07) is 5.33. The standard InChI is InChI=1S/C17H19BrN2O4/c1-20(7-6-11-4-5-14(21)13(18)9-11)17(22)12-10-24-19-16(12)15-3-2-8-23-15/h4-5,9-10,15,21H,2-3,6-8H2,1H3. The number of aromatic nitrogens is 1. The van der Waals surface area contributed by atoms with Crippen LogP contribution in [0.3, 0.4) is 0 Å². The first-order chi connectivity index (χ1) is 11.6. The molecule has 0 saturated carbocycles. The number of amides is 1. The van der Waals surface area contributed by atoms with E-state index < -0.39 is 0 Å². The molecule has 1 amide bonds. The number of hydrogen-bond donors (Lipinski definition) is 1. The van der Waals surface area contributed by atoms with Gasteiger partial charge >= 0.3 is 0 Å². The lowest BCUT2D eigenvalue weighted by Crippen LogP contribution is -2.29. The fourth-order valence-corrected chi connectivity index (χ4v) is 3.17. The van der Waals surface area contributed by atoms with Crippen LogP contribution in [0.25, 0.3) is 0 Å². The van der Waals surface area contributed by atoms with Gasteiger partial charge in [0.2, 0.25) is 0 Å². The van der Waals surface area contributed by atoms with Gasteiger partial charge in [0.25, 0.3) is 5.91 Å². The topological polar surface area (TPSA) is 75.8 Å². The van der Waals surface area contributed by atoms with Gasteiger partial charge in [-0.1, -0.05) is 11.2 Å². The smallest absolute Gasteiger partial charge is 0.258 e. The first kappa shape index (κ1) is 17.0. The van der Waals surface area contributed by atoms with Crippen LogP contribution in [0.1, 0.15) is 40.6 Å². The maximum absolute atomic E-state index is 12.6. The fraction of sp³-hybridized carbons (Fsp3) is 0.412. The van der Waals surface area contributed by atoms with Gasteiger partial charge in [0.1, 0.15) is 29.4 Å². The molecular formula is C17H19BrN2O4. The number of halogens is 1. The highest BCUT2D eigenvalue weighted by molar-refractivity contribution is 9.10.